The Morgan fingerprint density at radius 3 is 1.11 bits per heavy atom. The Morgan fingerprint density at radius 2 is 0.546 bits per heavy atom. The molecular weight excluding hydrogens is 1310 g/mol. The van der Waals surface area contributed by atoms with Crippen LogP contribution in [0.3, 0.4) is 0 Å². The lowest BCUT2D eigenvalue weighted by Crippen LogP contribution is -2.10. The van der Waals surface area contributed by atoms with E-state index in [-0.39, 0.29) is 0 Å². The van der Waals surface area contributed by atoms with Gasteiger partial charge in [-0.25, -0.2) is 0 Å². The molecule has 0 N–H and O–H groups in total. The summed E-state index contributed by atoms with van der Waals surface area (Å²) in [6.45, 7) is 0. The minimum Gasteiger partial charge on any atom is -0.456 e. The summed E-state index contributed by atoms with van der Waals surface area (Å²) < 4.78 is 13.5. The zero-order valence-electron chi connectivity index (χ0n) is 58.7. The predicted molar refractivity (Wildman–Crippen MR) is 458 cm³/mol. The third-order valence-electron chi connectivity index (χ3n) is 22.6. The molecule has 0 atom stereocenters. The summed E-state index contributed by atoms with van der Waals surface area (Å²) in [4.78, 5) is 4.73. The Hall–Kier alpha value is -14.3. The quantitative estimate of drug-likeness (QED) is 0.121. The number of hydrogen-bond donors (Lipinski definition) is 0. The van der Waals surface area contributed by atoms with Crippen LogP contribution in [0.1, 0.15) is 0 Å². The van der Waals surface area contributed by atoms with Crippen molar-refractivity contribution in [3.63, 3.8) is 0 Å². The van der Waals surface area contributed by atoms with Crippen LogP contribution >= 0.6 is 0 Å². The van der Waals surface area contributed by atoms with Crippen molar-refractivity contribution in [3.8, 4) is 55.6 Å². The van der Waals surface area contributed by atoms with Gasteiger partial charge in [0.2, 0.25) is 0 Å². The van der Waals surface area contributed by atoms with Crippen LogP contribution in [0.2, 0.25) is 0 Å². The minimum atomic E-state index is 0.821. The van der Waals surface area contributed by atoms with Crippen LogP contribution in [0.5, 0.6) is 0 Å². The molecule has 2 aromatic heterocycles. The monoisotopic (exact) mass is 1370 g/mol. The number of fused-ring (bicyclic) bond motifs is 18. The predicted octanol–water partition coefficient (Wildman–Crippen LogP) is 30.0. The maximum absolute atomic E-state index is 7.19. The van der Waals surface area contributed by atoms with Crippen molar-refractivity contribution in [3.05, 3.63) is 388 Å². The molecule has 0 saturated carbocycles. The van der Waals surface area contributed by atoms with Gasteiger partial charge in [0.05, 0.1) is 5.69 Å². The van der Waals surface area contributed by atoms with E-state index < -0.39 is 0 Å². The highest BCUT2D eigenvalue weighted by Gasteiger charge is 2.25. The van der Waals surface area contributed by atoms with E-state index in [1.807, 2.05) is 12.1 Å². The third-order valence-corrected chi connectivity index (χ3v) is 22.6. The van der Waals surface area contributed by atoms with Crippen molar-refractivity contribution in [2.45, 2.75) is 0 Å². The Labute approximate surface area is 622 Å². The lowest BCUT2D eigenvalue weighted by molar-refractivity contribution is 0.668. The van der Waals surface area contributed by atoms with Crippen LogP contribution in [-0.2, 0) is 0 Å². The number of furan rings is 2. The first-order valence-corrected chi connectivity index (χ1v) is 37.1. The summed E-state index contributed by atoms with van der Waals surface area (Å²) in [7, 11) is 0. The van der Waals surface area contributed by atoms with Crippen LogP contribution in [0, 0.1) is 0 Å². The highest BCUT2D eigenvalue weighted by molar-refractivity contribution is 6.22. The van der Waals surface area contributed by atoms with Gasteiger partial charge in [-0.05, 0) is 245 Å². The zero-order valence-corrected chi connectivity index (χ0v) is 58.7. The SMILES string of the molecule is c1ccc2c(-c3ccc(N(c4ccc(-c5ccc6ccc7c8ccc(-c9ccc(N(c%10ccc(-c%11ccc%12ccc%13c%14ccccc%14ccc%13c%12c%11)cc%10)c%10ccc(-c%11cccc%12ccccc%11%12)cc%10)c%10oc%11ccccc%11c9%10)cc8ccc7c6c5)cc4)c4ccc5oc6ccccc6c5c4)cc3)cccc2c1. The topological polar surface area (TPSA) is 32.8 Å². The van der Waals surface area contributed by atoms with Gasteiger partial charge in [0, 0.05) is 50.0 Å². The molecule has 4 nitrogen and oxygen atoms in total. The van der Waals surface area contributed by atoms with E-state index in [4.69, 9.17) is 8.83 Å². The lowest BCUT2D eigenvalue weighted by Gasteiger charge is -2.26. The lowest BCUT2D eigenvalue weighted by atomic mass is 9.92. The smallest absolute Gasteiger partial charge is 0.160 e. The van der Waals surface area contributed by atoms with Crippen LogP contribution in [0.4, 0.5) is 34.1 Å². The first-order chi connectivity index (χ1) is 53.5. The average molecular weight is 1370 g/mol. The molecule has 20 aromatic carbocycles. The third kappa shape index (κ3) is 10.1. The Morgan fingerprint density at radius 1 is 0.167 bits per heavy atom. The van der Waals surface area contributed by atoms with Gasteiger partial charge in [-0.2, -0.15) is 0 Å². The Bertz CT molecular complexity index is 7400. The highest BCUT2D eigenvalue weighted by Crippen LogP contribution is 2.49. The van der Waals surface area contributed by atoms with Gasteiger partial charge in [0.1, 0.15) is 16.7 Å². The van der Waals surface area contributed by atoms with Gasteiger partial charge in [0.15, 0.2) is 5.58 Å². The van der Waals surface area contributed by atoms with Crippen molar-refractivity contribution >= 4 is 164 Å². The molecule has 0 aliphatic heterocycles. The molecule has 22 rings (SSSR count). The molecule has 4 heteroatoms. The molecule has 108 heavy (non-hydrogen) atoms. The van der Waals surface area contributed by atoms with E-state index in [0.717, 1.165) is 111 Å². The van der Waals surface area contributed by atoms with Gasteiger partial charge in [-0.15, -0.1) is 0 Å². The standard InChI is InChI=1S/C104H64N2O2/c1-4-18-83-67(13-1)16-11-23-85(83)70-35-48-79(49-36-70)105(82-52-60-102-98(64-82)94-21-7-9-25-100(94)107-102)78-44-31-65(32-45-78)74-29-28-73-41-55-91-88-53-42-77(61-76(88)43-57-93(91)97(73)63-74)89-58-59-99(104-103(89)95-22-8-10-26-101(95)108-104)106(81-50-37-71(38-51-81)86-24-12-17-68-14-2-5-19-84(68)86)80-46-33-66(34-47-80)75-30-27-72-40-54-90-87-20-6-3-15-69(87)39-56-92(90)96(72)62-75/h1-64H. The molecule has 0 aliphatic carbocycles. The fourth-order valence-corrected chi connectivity index (χ4v) is 17.3. The van der Waals surface area contributed by atoms with Gasteiger partial charge >= 0.3 is 0 Å². The Kier molecular flexibility index (Phi) is 14.0. The number of hydrogen-bond acceptors (Lipinski definition) is 4. The number of nitrogens with zero attached hydrogens (tertiary/aromatic N) is 2. The van der Waals surface area contributed by atoms with Gasteiger partial charge in [0.25, 0.3) is 0 Å². The molecule has 0 aliphatic rings. The van der Waals surface area contributed by atoms with Gasteiger partial charge in [-0.1, -0.05) is 285 Å². The van der Waals surface area contributed by atoms with E-state index in [0.29, 0.717) is 0 Å². The van der Waals surface area contributed by atoms with E-state index >= 15 is 0 Å². The molecule has 0 unspecified atom stereocenters. The van der Waals surface area contributed by atoms with Crippen molar-refractivity contribution in [2.75, 3.05) is 9.80 Å². The van der Waals surface area contributed by atoms with Crippen molar-refractivity contribution in [2.24, 2.45) is 0 Å². The van der Waals surface area contributed by atoms with Gasteiger partial charge < -0.3 is 18.6 Å². The van der Waals surface area contributed by atoms with Crippen molar-refractivity contribution in [1.29, 1.82) is 0 Å². The number of anilines is 6. The molecule has 502 valence electrons. The number of benzene rings is 20. The first kappa shape index (κ1) is 61.2. The van der Waals surface area contributed by atoms with Crippen molar-refractivity contribution < 1.29 is 8.83 Å². The summed E-state index contributed by atoms with van der Waals surface area (Å²) >= 11 is 0. The number of rotatable bonds is 11. The van der Waals surface area contributed by atoms with E-state index in [1.165, 1.54) is 108 Å². The molecule has 0 radical (unpaired) electrons. The van der Waals surface area contributed by atoms with Crippen LogP contribution in [0.15, 0.2) is 397 Å². The molecule has 0 bridgehead atoms. The zero-order chi connectivity index (χ0) is 70.9. The maximum atomic E-state index is 7.19. The second kappa shape index (κ2) is 24.7. The molecule has 0 spiro atoms. The summed E-state index contributed by atoms with van der Waals surface area (Å²) in [5.74, 6) is 0. The van der Waals surface area contributed by atoms with Crippen molar-refractivity contribution in [1.82, 2.24) is 0 Å². The van der Waals surface area contributed by atoms with Crippen LogP contribution < -0.4 is 9.80 Å². The van der Waals surface area contributed by atoms with E-state index in [2.05, 4.69) is 386 Å². The molecule has 0 fully saturated rings. The fraction of sp³-hybridized carbons (Fsp3) is 0. The largest absolute Gasteiger partial charge is 0.456 e. The Balaban J connectivity index is 0.619. The van der Waals surface area contributed by atoms with E-state index in [1.54, 1.807) is 0 Å². The summed E-state index contributed by atoms with van der Waals surface area (Å²) in [5, 5.41) is 24.0. The summed E-state index contributed by atoms with van der Waals surface area (Å²) in [6.07, 6.45) is 0. The fourth-order valence-electron chi connectivity index (χ4n) is 17.3. The van der Waals surface area contributed by atoms with Crippen LogP contribution in [0.25, 0.3) is 186 Å². The minimum absolute atomic E-state index is 0.821. The van der Waals surface area contributed by atoms with Gasteiger partial charge in [-0.3, -0.25) is 0 Å². The second-order valence-corrected chi connectivity index (χ2v) is 28.6. The first-order valence-electron chi connectivity index (χ1n) is 37.1. The summed E-state index contributed by atoms with van der Waals surface area (Å²) in [5.41, 5.74) is 21.2. The number of para-hydroxylation sites is 2. The second-order valence-electron chi connectivity index (χ2n) is 28.6. The maximum Gasteiger partial charge on any atom is 0.160 e. The molecule has 0 saturated heterocycles. The molecule has 22 aromatic rings. The van der Waals surface area contributed by atoms with Crippen LogP contribution in [-0.4, -0.2) is 0 Å². The average Bonchev–Trinajstić information content (AvgIpc) is 1.44. The highest BCUT2D eigenvalue weighted by atomic mass is 16.3. The summed E-state index contributed by atoms with van der Waals surface area (Å²) in [6, 6.07) is 142. The molecule has 2 heterocycles. The molecule has 0 amide bonds. The van der Waals surface area contributed by atoms with E-state index in [9.17, 15) is 0 Å². The normalized spacial score (nSPS) is 11.9. The molecular formula is C104H64N2O2.